The van der Waals surface area contributed by atoms with Crippen LogP contribution in [0.5, 0.6) is 0 Å². The third kappa shape index (κ3) is 4.13. The first-order valence-corrected chi connectivity index (χ1v) is 8.03. The molecular formula is C15H21N5S. The predicted octanol–water partition coefficient (Wildman–Crippen LogP) is 3.10. The molecule has 0 aromatic carbocycles. The van der Waals surface area contributed by atoms with Gasteiger partial charge >= 0.3 is 0 Å². The Morgan fingerprint density at radius 3 is 2.90 bits per heavy atom. The van der Waals surface area contributed by atoms with E-state index in [1.807, 2.05) is 18.5 Å². The van der Waals surface area contributed by atoms with Gasteiger partial charge in [0, 0.05) is 26.6 Å². The van der Waals surface area contributed by atoms with Crippen molar-refractivity contribution in [3.8, 4) is 6.07 Å². The molecule has 2 aromatic rings. The summed E-state index contributed by atoms with van der Waals surface area (Å²) < 4.78 is 0. The van der Waals surface area contributed by atoms with Gasteiger partial charge in [-0.25, -0.2) is 9.97 Å². The van der Waals surface area contributed by atoms with Crippen LogP contribution in [0.3, 0.4) is 0 Å². The monoisotopic (exact) mass is 303 g/mol. The highest BCUT2D eigenvalue weighted by molar-refractivity contribution is 7.16. The van der Waals surface area contributed by atoms with Crippen molar-refractivity contribution in [1.82, 2.24) is 14.9 Å². The summed E-state index contributed by atoms with van der Waals surface area (Å²) >= 11 is 1.63. The SMILES string of the molecule is CNc1nc(CN(CCC#N)CC(C)C)nc2sccc12. The highest BCUT2D eigenvalue weighted by Gasteiger charge is 2.13. The number of rotatable bonds is 7. The highest BCUT2D eigenvalue weighted by Crippen LogP contribution is 2.25. The lowest BCUT2D eigenvalue weighted by Gasteiger charge is -2.22. The van der Waals surface area contributed by atoms with E-state index in [1.165, 1.54) is 0 Å². The fraction of sp³-hybridized carbons (Fsp3) is 0.533. The van der Waals surface area contributed by atoms with E-state index in [4.69, 9.17) is 5.26 Å². The van der Waals surface area contributed by atoms with Gasteiger partial charge in [-0.05, 0) is 17.4 Å². The number of hydrogen-bond donors (Lipinski definition) is 1. The first-order valence-electron chi connectivity index (χ1n) is 7.15. The van der Waals surface area contributed by atoms with Gasteiger partial charge in [0.1, 0.15) is 16.5 Å². The van der Waals surface area contributed by atoms with Crippen LogP contribution in [0.25, 0.3) is 10.2 Å². The van der Waals surface area contributed by atoms with Crippen LogP contribution in [0.4, 0.5) is 5.82 Å². The lowest BCUT2D eigenvalue weighted by molar-refractivity contribution is 0.236. The summed E-state index contributed by atoms with van der Waals surface area (Å²) in [5.41, 5.74) is 0. The minimum Gasteiger partial charge on any atom is -0.372 e. The lowest BCUT2D eigenvalue weighted by atomic mass is 10.2. The van der Waals surface area contributed by atoms with Crippen molar-refractivity contribution in [3.05, 3.63) is 17.3 Å². The Balaban J connectivity index is 2.21. The van der Waals surface area contributed by atoms with Crippen molar-refractivity contribution >= 4 is 27.4 Å². The number of anilines is 1. The molecule has 0 saturated heterocycles. The minimum absolute atomic E-state index is 0.535. The molecule has 0 spiro atoms. The lowest BCUT2D eigenvalue weighted by Crippen LogP contribution is -2.29. The van der Waals surface area contributed by atoms with Gasteiger partial charge in [0.15, 0.2) is 0 Å². The average Bonchev–Trinajstić information content (AvgIpc) is 2.91. The Morgan fingerprint density at radius 2 is 2.24 bits per heavy atom. The molecule has 2 rings (SSSR count). The molecule has 5 nitrogen and oxygen atoms in total. The van der Waals surface area contributed by atoms with Gasteiger partial charge in [-0.2, -0.15) is 5.26 Å². The number of hydrogen-bond acceptors (Lipinski definition) is 6. The zero-order valence-corrected chi connectivity index (χ0v) is 13.6. The van der Waals surface area contributed by atoms with Crippen LogP contribution in [0.15, 0.2) is 11.4 Å². The van der Waals surface area contributed by atoms with Gasteiger partial charge < -0.3 is 5.32 Å². The summed E-state index contributed by atoms with van der Waals surface area (Å²) in [5.74, 6) is 2.24. The zero-order valence-electron chi connectivity index (χ0n) is 12.8. The molecular weight excluding hydrogens is 282 g/mol. The van der Waals surface area contributed by atoms with Crippen LogP contribution in [0, 0.1) is 17.2 Å². The Bertz CT molecular complexity index is 629. The number of nitriles is 1. The van der Waals surface area contributed by atoms with Crippen LogP contribution >= 0.6 is 11.3 Å². The van der Waals surface area contributed by atoms with Crippen molar-refractivity contribution in [3.63, 3.8) is 0 Å². The first kappa shape index (κ1) is 15.7. The number of aromatic nitrogens is 2. The van der Waals surface area contributed by atoms with E-state index < -0.39 is 0 Å². The first-order chi connectivity index (χ1) is 10.1. The minimum atomic E-state index is 0.535. The van der Waals surface area contributed by atoms with Gasteiger partial charge in [0.05, 0.1) is 18.0 Å². The second kappa shape index (κ2) is 7.34. The van der Waals surface area contributed by atoms with Crippen LogP contribution in [-0.2, 0) is 6.54 Å². The topological polar surface area (TPSA) is 64.8 Å². The van der Waals surface area contributed by atoms with Crippen LogP contribution < -0.4 is 5.32 Å². The number of nitrogens with zero attached hydrogens (tertiary/aromatic N) is 4. The maximum absolute atomic E-state index is 8.79. The van der Waals surface area contributed by atoms with E-state index >= 15 is 0 Å². The molecule has 0 amide bonds. The van der Waals surface area contributed by atoms with Crippen molar-refractivity contribution in [1.29, 1.82) is 5.26 Å². The van der Waals surface area contributed by atoms with Gasteiger partial charge in [-0.3, -0.25) is 4.90 Å². The molecule has 1 N–H and O–H groups in total. The third-order valence-corrected chi connectivity index (χ3v) is 3.94. The maximum atomic E-state index is 8.79. The fourth-order valence-electron chi connectivity index (χ4n) is 2.32. The summed E-state index contributed by atoms with van der Waals surface area (Å²) in [7, 11) is 1.88. The number of nitrogens with one attached hydrogen (secondary N) is 1. The Kier molecular flexibility index (Phi) is 5.48. The largest absolute Gasteiger partial charge is 0.372 e. The number of fused-ring (bicyclic) bond motifs is 1. The molecule has 112 valence electrons. The van der Waals surface area contributed by atoms with Crippen molar-refractivity contribution in [2.75, 3.05) is 25.5 Å². The van der Waals surface area contributed by atoms with Crippen molar-refractivity contribution in [2.24, 2.45) is 5.92 Å². The second-order valence-corrected chi connectivity index (χ2v) is 6.31. The fourth-order valence-corrected chi connectivity index (χ4v) is 3.10. The summed E-state index contributed by atoms with van der Waals surface area (Å²) in [4.78, 5) is 12.5. The van der Waals surface area contributed by atoms with Gasteiger partial charge in [-0.1, -0.05) is 13.8 Å². The van der Waals surface area contributed by atoms with Gasteiger partial charge in [0.2, 0.25) is 0 Å². The average molecular weight is 303 g/mol. The normalized spacial score (nSPS) is 11.2. The molecule has 0 unspecified atom stereocenters. The zero-order chi connectivity index (χ0) is 15.2. The Hall–Kier alpha value is -1.71. The van der Waals surface area contributed by atoms with Crippen LogP contribution in [0.1, 0.15) is 26.1 Å². The predicted molar refractivity (Wildman–Crippen MR) is 87.3 cm³/mol. The summed E-state index contributed by atoms with van der Waals surface area (Å²) in [6.45, 7) is 6.75. The van der Waals surface area contributed by atoms with E-state index in [0.717, 1.165) is 34.9 Å². The van der Waals surface area contributed by atoms with Crippen molar-refractivity contribution < 1.29 is 0 Å². The van der Waals surface area contributed by atoms with E-state index in [9.17, 15) is 0 Å². The summed E-state index contributed by atoms with van der Waals surface area (Å²) in [5, 5.41) is 15.0. The summed E-state index contributed by atoms with van der Waals surface area (Å²) in [6.07, 6.45) is 0.535. The molecule has 0 aliphatic rings. The molecule has 0 radical (unpaired) electrons. The standard InChI is InChI=1S/C15H21N5S/c1-11(2)9-20(7-4-6-16)10-13-18-14(17-3)12-5-8-21-15(12)19-13/h5,8,11H,4,7,9-10H2,1-3H3,(H,17,18,19). The van der Waals surface area contributed by atoms with E-state index in [1.54, 1.807) is 11.3 Å². The molecule has 0 bridgehead atoms. The molecule has 6 heteroatoms. The van der Waals surface area contributed by atoms with E-state index in [2.05, 4.69) is 40.1 Å². The highest BCUT2D eigenvalue weighted by atomic mass is 32.1. The van der Waals surface area contributed by atoms with E-state index in [-0.39, 0.29) is 0 Å². The Labute approximate surface area is 129 Å². The third-order valence-electron chi connectivity index (χ3n) is 3.14. The molecule has 0 fully saturated rings. The number of thiophene rings is 1. The molecule has 0 saturated carbocycles. The quantitative estimate of drug-likeness (QED) is 0.851. The smallest absolute Gasteiger partial charge is 0.146 e. The molecule has 2 heterocycles. The molecule has 0 atom stereocenters. The second-order valence-electron chi connectivity index (χ2n) is 5.41. The van der Waals surface area contributed by atoms with Crippen LogP contribution in [0.2, 0.25) is 0 Å². The Morgan fingerprint density at radius 1 is 1.43 bits per heavy atom. The molecule has 0 aliphatic carbocycles. The van der Waals surface area contributed by atoms with Gasteiger partial charge in [-0.15, -0.1) is 11.3 Å². The maximum Gasteiger partial charge on any atom is 0.146 e. The summed E-state index contributed by atoms with van der Waals surface area (Å²) in [6, 6.07) is 4.25. The van der Waals surface area contributed by atoms with Gasteiger partial charge in [0.25, 0.3) is 0 Å². The molecule has 0 aliphatic heterocycles. The van der Waals surface area contributed by atoms with E-state index in [0.29, 0.717) is 18.9 Å². The molecule has 21 heavy (non-hydrogen) atoms. The van der Waals surface area contributed by atoms with Crippen molar-refractivity contribution in [2.45, 2.75) is 26.8 Å². The van der Waals surface area contributed by atoms with Crippen LogP contribution in [-0.4, -0.2) is 35.0 Å². The molecule has 2 aromatic heterocycles.